The molecule has 0 aliphatic carbocycles. The monoisotopic (exact) mass is 233 g/mol. The molecular weight excluding hydrogens is 218 g/mol. The molecule has 3 heteroatoms. The second-order valence-electron chi connectivity index (χ2n) is 3.80. The minimum atomic E-state index is -0.0195. The molecule has 2 nitrogen and oxygen atoms in total. The van der Waals surface area contributed by atoms with E-state index in [0.717, 1.165) is 11.3 Å². The van der Waals surface area contributed by atoms with Gasteiger partial charge in [0.2, 0.25) is 0 Å². The van der Waals surface area contributed by atoms with Crippen molar-refractivity contribution >= 4 is 17.0 Å². The Morgan fingerprint density at radius 2 is 2.00 bits per heavy atom. The standard InChI is InChI=1S/C13H15NOS/c1-10-2-4-12(5-3-10)14-13(8-15)11-6-7-16-9-11/h2-7,9,13-15H,8H2,1H3. The summed E-state index contributed by atoms with van der Waals surface area (Å²) in [5.41, 5.74) is 3.41. The zero-order chi connectivity index (χ0) is 11.4. The van der Waals surface area contributed by atoms with Gasteiger partial charge in [-0.1, -0.05) is 17.7 Å². The molecule has 1 atom stereocenters. The van der Waals surface area contributed by atoms with E-state index >= 15 is 0 Å². The maximum Gasteiger partial charge on any atom is 0.0753 e. The number of aliphatic hydroxyl groups excluding tert-OH is 1. The van der Waals surface area contributed by atoms with Crippen LogP contribution in [-0.2, 0) is 0 Å². The van der Waals surface area contributed by atoms with Gasteiger partial charge in [0.05, 0.1) is 12.6 Å². The molecule has 1 aromatic carbocycles. The topological polar surface area (TPSA) is 32.3 Å². The molecule has 1 aromatic heterocycles. The van der Waals surface area contributed by atoms with Crippen LogP contribution < -0.4 is 5.32 Å². The number of hydrogen-bond donors (Lipinski definition) is 2. The van der Waals surface area contributed by atoms with Gasteiger partial charge in [-0.05, 0) is 41.4 Å². The normalized spacial score (nSPS) is 12.4. The van der Waals surface area contributed by atoms with Crippen molar-refractivity contribution in [3.8, 4) is 0 Å². The van der Waals surface area contributed by atoms with Crippen LogP contribution in [0.2, 0.25) is 0 Å². The zero-order valence-electron chi connectivity index (χ0n) is 9.18. The number of thiophene rings is 1. The van der Waals surface area contributed by atoms with Crippen LogP contribution in [0.15, 0.2) is 41.1 Å². The van der Waals surface area contributed by atoms with Crippen LogP contribution in [0.3, 0.4) is 0 Å². The summed E-state index contributed by atoms with van der Waals surface area (Å²) in [7, 11) is 0. The first kappa shape index (κ1) is 11.2. The summed E-state index contributed by atoms with van der Waals surface area (Å²) < 4.78 is 0. The van der Waals surface area contributed by atoms with E-state index < -0.39 is 0 Å². The number of nitrogens with one attached hydrogen (secondary N) is 1. The Hall–Kier alpha value is -1.32. The SMILES string of the molecule is Cc1ccc(NC(CO)c2ccsc2)cc1. The number of hydrogen-bond acceptors (Lipinski definition) is 3. The lowest BCUT2D eigenvalue weighted by atomic mass is 10.1. The van der Waals surface area contributed by atoms with E-state index in [0.29, 0.717) is 0 Å². The van der Waals surface area contributed by atoms with Crippen molar-refractivity contribution in [1.29, 1.82) is 0 Å². The number of benzene rings is 1. The quantitative estimate of drug-likeness (QED) is 0.850. The third-order valence-electron chi connectivity index (χ3n) is 2.52. The van der Waals surface area contributed by atoms with Gasteiger partial charge in [0.15, 0.2) is 0 Å². The molecule has 0 amide bonds. The second-order valence-corrected chi connectivity index (χ2v) is 4.58. The van der Waals surface area contributed by atoms with Crippen LogP contribution in [-0.4, -0.2) is 11.7 Å². The second kappa shape index (κ2) is 5.14. The van der Waals surface area contributed by atoms with Crippen molar-refractivity contribution in [2.24, 2.45) is 0 Å². The van der Waals surface area contributed by atoms with Crippen molar-refractivity contribution in [3.63, 3.8) is 0 Å². The van der Waals surface area contributed by atoms with E-state index in [1.807, 2.05) is 23.6 Å². The molecule has 16 heavy (non-hydrogen) atoms. The van der Waals surface area contributed by atoms with Crippen molar-refractivity contribution in [2.75, 3.05) is 11.9 Å². The molecule has 0 aliphatic heterocycles. The molecule has 0 fully saturated rings. The van der Waals surface area contributed by atoms with Crippen molar-refractivity contribution in [3.05, 3.63) is 52.2 Å². The molecule has 2 aromatic rings. The largest absolute Gasteiger partial charge is 0.394 e. The fraction of sp³-hybridized carbons (Fsp3) is 0.231. The first-order valence-corrected chi connectivity index (χ1v) is 6.20. The first-order chi connectivity index (χ1) is 7.79. The van der Waals surface area contributed by atoms with Crippen LogP contribution in [0.25, 0.3) is 0 Å². The fourth-order valence-electron chi connectivity index (χ4n) is 1.56. The number of aryl methyl sites for hydroxylation is 1. The van der Waals surface area contributed by atoms with E-state index in [-0.39, 0.29) is 12.6 Å². The van der Waals surface area contributed by atoms with Gasteiger partial charge in [0, 0.05) is 5.69 Å². The smallest absolute Gasteiger partial charge is 0.0753 e. The summed E-state index contributed by atoms with van der Waals surface area (Å²) in [5, 5.41) is 16.8. The third kappa shape index (κ3) is 2.62. The fourth-order valence-corrected chi connectivity index (χ4v) is 2.27. The van der Waals surface area contributed by atoms with Gasteiger partial charge in [-0.15, -0.1) is 0 Å². The molecule has 1 heterocycles. The minimum Gasteiger partial charge on any atom is -0.394 e. The Morgan fingerprint density at radius 3 is 2.56 bits per heavy atom. The third-order valence-corrected chi connectivity index (χ3v) is 3.22. The zero-order valence-corrected chi connectivity index (χ0v) is 10.00. The van der Waals surface area contributed by atoms with Gasteiger partial charge in [-0.25, -0.2) is 0 Å². The first-order valence-electron chi connectivity index (χ1n) is 5.26. The molecule has 0 radical (unpaired) electrons. The number of anilines is 1. The molecule has 84 valence electrons. The molecule has 0 spiro atoms. The van der Waals surface area contributed by atoms with E-state index in [1.165, 1.54) is 5.56 Å². The molecule has 2 rings (SSSR count). The van der Waals surface area contributed by atoms with E-state index in [4.69, 9.17) is 0 Å². The molecule has 0 bridgehead atoms. The van der Waals surface area contributed by atoms with Crippen LogP contribution >= 0.6 is 11.3 Å². The van der Waals surface area contributed by atoms with Gasteiger partial charge in [-0.2, -0.15) is 11.3 Å². The highest BCUT2D eigenvalue weighted by Gasteiger charge is 2.09. The Kier molecular flexibility index (Phi) is 3.59. The summed E-state index contributed by atoms with van der Waals surface area (Å²) in [6.45, 7) is 2.16. The van der Waals surface area contributed by atoms with Gasteiger partial charge >= 0.3 is 0 Å². The van der Waals surface area contributed by atoms with Crippen LogP contribution in [0.4, 0.5) is 5.69 Å². The van der Waals surface area contributed by atoms with Gasteiger partial charge in [0.25, 0.3) is 0 Å². The van der Waals surface area contributed by atoms with Crippen molar-refractivity contribution in [2.45, 2.75) is 13.0 Å². The molecule has 0 aliphatic rings. The van der Waals surface area contributed by atoms with E-state index in [2.05, 4.69) is 29.8 Å². The minimum absolute atomic E-state index is 0.0195. The Morgan fingerprint density at radius 1 is 1.25 bits per heavy atom. The Bertz CT molecular complexity index is 422. The highest BCUT2D eigenvalue weighted by atomic mass is 32.1. The van der Waals surface area contributed by atoms with Gasteiger partial charge in [-0.3, -0.25) is 0 Å². The average molecular weight is 233 g/mol. The molecule has 1 unspecified atom stereocenters. The van der Waals surface area contributed by atoms with Gasteiger partial charge in [0.1, 0.15) is 0 Å². The Labute approximate surface area is 99.6 Å². The lowest BCUT2D eigenvalue weighted by molar-refractivity contribution is 0.276. The molecular formula is C13H15NOS. The van der Waals surface area contributed by atoms with Crippen molar-refractivity contribution < 1.29 is 5.11 Å². The van der Waals surface area contributed by atoms with E-state index in [9.17, 15) is 5.11 Å². The summed E-state index contributed by atoms with van der Waals surface area (Å²) in [6, 6.07) is 10.2. The van der Waals surface area contributed by atoms with Crippen LogP contribution in [0, 0.1) is 6.92 Å². The summed E-state index contributed by atoms with van der Waals surface area (Å²) in [4.78, 5) is 0. The predicted octanol–water partition coefficient (Wildman–Crippen LogP) is 3.20. The van der Waals surface area contributed by atoms with Crippen LogP contribution in [0.5, 0.6) is 0 Å². The summed E-state index contributed by atoms with van der Waals surface area (Å²) >= 11 is 1.65. The maximum atomic E-state index is 9.36. The summed E-state index contributed by atoms with van der Waals surface area (Å²) in [6.07, 6.45) is 0. The van der Waals surface area contributed by atoms with E-state index in [1.54, 1.807) is 11.3 Å². The van der Waals surface area contributed by atoms with Crippen LogP contribution in [0.1, 0.15) is 17.2 Å². The summed E-state index contributed by atoms with van der Waals surface area (Å²) in [5.74, 6) is 0. The van der Waals surface area contributed by atoms with Crippen molar-refractivity contribution in [1.82, 2.24) is 0 Å². The van der Waals surface area contributed by atoms with Gasteiger partial charge < -0.3 is 10.4 Å². The number of rotatable bonds is 4. The average Bonchev–Trinajstić information content (AvgIpc) is 2.82. The maximum absolute atomic E-state index is 9.36. The highest BCUT2D eigenvalue weighted by molar-refractivity contribution is 7.08. The lowest BCUT2D eigenvalue weighted by Crippen LogP contribution is -2.13. The number of aliphatic hydroxyl groups is 1. The molecule has 2 N–H and O–H groups in total. The predicted molar refractivity (Wildman–Crippen MR) is 68.9 cm³/mol. The Balaban J connectivity index is 2.10. The lowest BCUT2D eigenvalue weighted by Gasteiger charge is -2.16. The molecule has 0 saturated carbocycles. The molecule has 0 saturated heterocycles. The highest BCUT2D eigenvalue weighted by Crippen LogP contribution is 2.21.